The van der Waals surface area contributed by atoms with Crippen LogP contribution in [0, 0.1) is 10.1 Å². The lowest BCUT2D eigenvalue weighted by molar-refractivity contribution is -0.384. The first-order valence-electron chi connectivity index (χ1n) is 9.87. The smallest absolute Gasteiger partial charge is 0.288 e. The summed E-state index contributed by atoms with van der Waals surface area (Å²) in [6.07, 6.45) is -0.323. The molecule has 0 aliphatic carbocycles. The quantitative estimate of drug-likeness (QED) is 0.432. The predicted molar refractivity (Wildman–Crippen MR) is 123 cm³/mol. The van der Waals surface area contributed by atoms with E-state index in [4.69, 9.17) is 11.6 Å². The zero-order valence-corrected chi connectivity index (χ0v) is 17.8. The van der Waals surface area contributed by atoms with Gasteiger partial charge in [0.1, 0.15) is 11.1 Å². The summed E-state index contributed by atoms with van der Waals surface area (Å²) in [5.41, 5.74) is 0.835. The molecule has 1 heterocycles. The summed E-state index contributed by atoms with van der Waals surface area (Å²) in [6, 6.07) is 17.8. The molecular formula is C23H17ClN4O5. The van der Waals surface area contributed by atoms with Crippen molar-refractivity contribution < 1.29 is 19.3 Å². The molecule has 1 atom stereocenters. The molecule has 0 fully saturated rings. The van der Waals surface area contributed by atoms with Gasteiger partial charge in [-0.1, -0.05) is 41.9 Å². The first kappa shape index (κ1) is 22.0. The summed E-state index contributed by atoms with van der Waals surface area (Å²) in [7, 11) is 0. The van der Waals surface area contributed by atoms with Gasteiger partial charge in [-0.2, -0.15) is 0 Å². The number of nitro groups is 1. The van der Waals surface area contributed by atoms with Crippen molar-refractivity contribution in [3.05, 3.63) is 93.5 Å². The minimum absolute atomic E-state index is 0.0379. The molecule has 1 aliphatic rings. The van der Waals surface area contributed by atoms with Crippen LogP contribution in [0.4, 0.5) is 22.7 Å². The summed E-state index contributed by atoms with van der Waals surface area (Å²) in [4.78, 5) is 50.9. The van der Waals surface area contributed by atoms with Crippen LogP contribution in [0.15, 0.2) is 72.8 Å². The highest BCUT2D eigenvalue weighted by molar-refractivity contribution is 6.33. The number of benzene rings is 3. The van der Waals surface area contributed by atoms with Crippen molar-refractivity contribution in [2.45, 2.75) is 12.5 Å². The zero-order chi connectivity index (χ0) is 23.5. The molecule has 9 nitrogen and oxygen atoms in total. The molecule has 3 aromatic rings. The highest BCUT2D eigenvalue weighted by atomic mass is 35.5. The Labute approximate surface area is 193 Å². The van der Waals surface area contributed by atoms with E-state index in [1.807, 2.05) is 0 Å². The Morgan fingerprint density at radius 2 is 1.76 bits per heavy atom. The van der Waals surface area contributed by atoms with Crippen LogP contribution in [0.25, 0.3) is 0 Å². The summed E-state index contributed by atoms with van der Waals surface area (Å²) >= 11 is 5.88. The molecule has 2 N–H and O–H groups in total. The Balaban J connectivity index is 1.70. The van der Waals surface area contributed by atoms with Crippen LogP contribution in [0.3, 0.4) is 0 Å². The molecule has 1 aliphatic heterocycles. The largest absolute Gasteiger partial charge is 0.326 e. The van der Waals surface area contributed by atoms with Crippen molar-refractivity contribution in [3.63, 3.8) is 0 Å². The first-order valence-corrected chi connectivity index (χ1v) is 10.3. The minimum Gasteiger partial charge on any atom is -0.326 e. The number of halogens is 1. The van der Waals surface area contributed by atoms with Gasteiger partial charge in [-0.3, -0.25) is 29.4 Å². The molecule has 3 aromatic carbocycles. The third-order valence-corrected chi connectivity index (χ3v) is 5.40. The molecule has 3 amide bonds. The molecule has 0 bridgehead atoms. The zero-order valence-electron chi connectivity index (χ0n) is 17.0. The van der Waals surface area contributed by atoms with Gasteiger partial charge in [0, 0.05) is 17.3 Å². The molecule has 0 unspecified atom stereocenters. The van der Waals surface area contributed by atoms with Crippen LogP contribution in [0.5, 0.6) is 0 Å². The van der Waals surface area contributed by atoms with Crippen molar-refractivity contribution in [3.8, 4) is 0 Å². The van der Waals surface area contributed by atoms with Gasteiger partial charge in [0.05, 0.1) is 22.7 Å². The molecular weight excluding hydrogens is 448 g/mol. The molecule has 0 aromatic heterocycles. The summed E-state index contributed by atoms with van der Waals surface area (Å²) in [5.74, 6) is -1.69. The molecule has 4 rings (SSSR count). The summed E-state index contributed by atoms with van der Waals surface area (Å²) in [6.45, 7) is 0. The average Bonchev–Trinajstić information content (AvgIpc) is 2.80. The van der Waals surface area contributed by atoms with Crippen LogP contribution in [0.1, 0.15) is 16.8 Å². The number of fused-ring (bicyclic) bond motifs is 1. The van der Waals surface area contributed by atoms with E-state index in [9.17, 15) is 24.5 Å². The number of nitrogens with zero attached hydrogens (tertiary/aromatic N) is 2. The van der Waals surface area contributed by atoms with Crippen LogP contribution in [0.2, 0.25) is 5.02 Å². The number of nitro benzene ring substituents is 1. The van der Waals surface area contributed by atoms with Crippen LogP contribution < -0.4 is 15.5 Å². The number of anilines is 3. The number of carbonyl (C=O) groups is 3. The fourth-order valence-electron chi connectivity index (χ4n) is 3.56. The Morgan fingerprint density at radius 1 is 1.06 bits per heavy atom. The molecule has 0 saturated carbocycles. The molecule has 10 heteroatoms. The molecule has 0 saturated heterocycles. The standard InChI is InChI=1S/C23H17ClN4O5/c24-16-11-10-14(12-19(16)28(32)33)23(31)27-18-9-5-4-8-17(18)26-22(30)20(27)13-21(29)25-15-6-2-1-3-7-15/h1-12,20H,13H2,(H,25,29)(H,26,30)/t20-/m1/s1. The van der Waals surface area contributed by atoms with E-state index >= 15 is 0 Å². The van der Waals surface area contributed by atoms with Crippen molar-refractivity contribution in [2.24, 2.45) is 0 Å². The number of hydrogen-bond donors (Lipinski definition) is 2. The average molecular weight is 465 g/mol. The van der Waals surface area contributed by atoms with E-state index < -0.39 is 34.4 Å². The second-order valence-corrected chi connectivity index (χ2v) is 7.65. The van der Waals surface area contributed by atoms with E-state index in [0.717, 1.165) is 6.07 Å². The lowest BCUT2D eigenvalue weighted by Crippen LogP contribution is -2.52. The van der Waals surface area contributed by atoms with Gasteiger partial charge in [-0.15, -0.1) is 0 Å². The predicted octanol–water partition coefficient (Wildman–Crippen LogP) is 4.24. The Kier molecular flexibility index (Phi) is 6.05. The molecule has 166 valence electrons. The van der Waals surface area contributed by atoms with Crippen LogP contribution in [-0.2, 0) is 9.59 Å². The number of para-hydroxylation sites is 3. The monoisotopic (exact) mass is 464 g/mol. The van der Waals surface area contributed by atoms with E-state index in [2.05, 4.69) is 10.6 Å². The van der Waals surface area contributed by atoms with Gasteiger partial charge in [0.2, 0.25) is 11.8 Å². The fourth-order valence-corrected chi connectivity index (χ4v) is 3.75. The van der Waals surface area contributed by atoms with E-state index in [-0.39, 0.29) is 17.0 Å². The van der Waals surface area contributed by atoms with Gasteiger partial charge in [0.25, 0.3) is 11.6 Å². The number of amides is 3. The number of carbonyl (C=O) groups excluding carboxylic acids is 3. The van der Waals surface area contributed by atoms with E-state index in [1.165, 1.54) is 17.0 Å². The lowest BCUT2D eigenvalue weighted by atomic mass is 10.0. The van der Waals surface area contributed by atoms with Gasteiger partial charge in [0.15, 0.2) is 0 Å². The second-order valence-electron chi connectivity index (χ2n) is 7.24. The maximum Gasteiger partial charge on any atom is 0.288 e. The molecule has 0 spiro atoms. The molecule has 0 radical (unpaired) electrons. The molecule has 33 heavy (non-hydrogen) atoms. The topological polar surface area (TPSA) is 122 Å². The minimum atomic E-state index is -1.18. The van der Waals surface area contributed by atoms with Gasteiger partial charge < -0.3 is 10.6 Å². The fraction of sp³-hybridized carbons (Fsp3) is 0.0870. The Morgan fingerprint density at radius 3 is 2.48 bits per heavy atom. The Hall–Kier alpha value is -4.24. The number of hydrogen-bond acceptors (Lipinski definition) is 5. The first-order chi connectivity index (χ1) is 15.8. The summed E-state index contributed by atoms with van der Waals surface area (Å²) in [5, 5.41) is 16.6. The third kappa shape index (κ3) is 4.53. The number of nitrogens with one attached hydrogen (secondary N) is 2. The summed E-state index contributed by atoms with van der Waals surface area (Å²) < 4.78 is 0. The van der Waals surface area contributed by atoms with Crippen molar-refractivity contribution in [1.29, 1.82) is 0 Å². The number of rotatable bonds is 5. The van der Waals surface area contributed by atoms with Crippen molar-refractivity contribution in [2.75, 3.05) is 15.5 Å². The van der Waals surface area contributed by atoms with Crippen LogP contribution in [-0.4, -0.2) is 28.7 Å². The Bertz CT molecular complexity index is 1260. The van der Waals surface area contributed by atoms with Crippen molar-refractivity contribution >= 4 is 52.1 Å². The van der Waals surface area contributed by atoms with Gasteiger partial charge in [-0.25, -0.2) is 0 Å². The van der Waals surface area contributed by atoms with Crippen molar-refractivity contribution in [1.82, 2.24) is 0 Å². The highest BCUT2D eigenvalue weighted by Crippen LogP contribution is 2.35. The lowest BCUT2D eigenvalue weighted by Gasteiger charge is -2.36. The second kappa shape index (κ2) is 9.09. The van der Waals surface area contributed by atoms with E-state index in [1.54, 1.807) is 54.6 Å². The maximum absolute atomic E-state index is 13.5. The SMILES string of the molecule is O=C(C[C@@H]1C(=O)Nc2ccccc2N1C(=O)c1ccc(Cl)c([N+](=O)[O-])c1)Nc1ccccc1. The highest BCUT2D eigenvalue weighted by Gasteiger charge is 2.39. The van der Waals surface area contributed by atoms with Crippen LogP contribution >= 0.6 is 11.6 Å². The van der Waals surface area contributed by atoms with Gasteiger partial charge >= 0.3 is 0 Å². The third-order valence-electron chi connectivity index (χ3n) is 5.08. The normalized spacial score (nSPS) is 14.8. The van der Waals surface area contributed by atoms with Gasteiger partial charge in [-0.05, 0) is 36.4 Å². The van der Waals surface area contributed by atoms with E-state index in [0.29, 0.717) is 17.1 Å². The maximum atomic E-state index is 13.5.